The van der Waals surface area contributed by atoms with Crippen molar-refractivity contribution in [3.05, 3.63) is 53.8 Å². The van der Waals surface area contributed by atoms with E-state index in [1.807, 2.05) is 0 Å². The highest BCUT2D eigenvalue weighted by atomic mass is 19.1. The highest BCUT2D eigenvalue weighted by Gasteiger charge is 2.36. The smallest absolute Gasteiger partial charge is 0.228 e. The van der Waals surface area contributed by atoms with Gasteiger partial charge in [-0.05, 0) is 29.8 Å². The van der Waals surface area contributed by atoms with Crippen molar-refractivity contribution in [2.24, 2.45) is 5.92 Å². The van der Waals surface area contributed by atoms with Crippen molar-refractivity contribution in [1.29, 1.82) is 0 Å². The molecular weight excluding hydrogens is 363 g/mol. The Balaban J connectivity index is 1.43. The summed E-state index contributed by atoms with van der Waals surface area (Å²) in [5.41, 5.74) is 1.54. The molecule has 2 aliphatic heterocycles. The third kappa shape index (κ3) is 3.65. The molecule has 2 aromatic rings. The van der Waals surface area contributed by atoms with Gasteiger partial charge in [-0.1, -0.05) is 12.1 Å². The van der Waals surface area contributed by atoms with E-state index in [0.29, 0.717) is 43.5 Å². The van der Waals surface area contributed by atoms with Crippen LogP contribution in [0.3, 0.4) is 0 Å². The summed E-state index contributed by atoms with van der Waals surface area (Å²) in [6.07, 6.45) is 0.168. The number of fused-ring (bicyclic) bond motifs is 1. The number of hydrogen-bond donors (Lipinski definition) is 0. The van der Waals surface area contributed by atoms with Crippen LogP contribution in [0.1, 0.15) is 12.0 Å². The molecule has 6 nitrogen and oxygen atoms in total. The number of carbonyl (C=O) groups is 2. The van der Waals surface area contributed by atoms with Gasteiger partial charge in [0.2, 0.25) is 11.8 Å². The maximum absolute atomic E-state index is 13.0. The van der Waals surface area contributed by atoms with Crippen LogP contribution in [0.5, 0.6) is 11.5 Å². The Morgan fingerprint density at radius 2 is 1.86 bits per heavy atom. The summed E-state index contributed by atoms with van der Waals surface area (Å²) in [6, 6.07) is 11.4. The molecule has 0 aliphatic carbocycles. The number of anilines is 1. The molecule has 28 heavy (non-hydrogen) atoms. The normalized spacial score (nSPS) is 18.3. The van der Waals surface area contributed by atoms with Gasteiger partial charge in [0.15, 0.2) is 11.5 Å². The first-order chi connectivity index (χ1) is 13.5. The molecule has 2 amide bonds. The molecule has 1 fully saturated rings. The maximum Gasteiger partial charge on any atom is 0.228 e. The van der Waals surface area contributed by atoms with E-state index in [-0.39, 0.29) is 24.1 Å². The molecular formula is C21H21FN2O4. The van der Waals surface area contributed by atoms with Crippen LogP contribution in [-0.2, 0) is 16.1 Å². The SMILES string of the molecule is CN(Cc1ccc(F)cc1)C(=O)C1CC(=O)N(c2ccc3c(c2)OCCO3)C1. The topological polar surface area (TPSA) is 59.1 Å². The van der Waals surface area contributed by atoms with Crippen LogP contribution in [0.4, 0.5) is 10.1 Å². The van der Waals surface area contributed by atoms with E-state index in [9.17, 15) is 14.0 Å². The standard InChI is InChI=1S/C21H21FN2O4/c1-23(12-14-2-4-16(22)5-3-14)21(26)15-10-20(25)24(13-15)17-6-7-18-19(11-17)28-9-8-27-18/h2-7,11,15H,8-10,12-13H2,1H3. The Bertz CT molecular complexity index is 900. The number of benzene rings is 2. The molecule has 1 atom stereocenters. The molecule has 2 aliphatic rings. The molecule has 0 saturated carbocycles. The summed E-state index contributed by atoms with van der Waals surface area (Å²) in [6.45, 7) is 1.67. The molecule has 2 aromatic carbocycles. The first-order valence-corrected chi connectivity index (χ1v) is 9.20. The predicted octanol–water partition coefficient (Wildman–Crippen LogP) is 2.61. The number of hydrogen-bond acceptors (Lipinski definition) is 4. The summed E-state index contributed by atoms with van der Waals surface area (Å²) in [4.78, 5) is 28.5. The van der Waals surface area contributed by atoms with Crippen molar-refractivity contribution in [2.75, 3.05) is 31.7 Å². The van der Waals surface area contributed by atoms with Crippen molar-refractivity contribution in [3.63, 3.8) is 0 Å². The average molecular weight is 384 g/mol. The van der Waals surface area contributed by atoms with Gasteiger partial charge in [0.25, 0.3) is 0 Å². The minimum atomic E-state index is -0.411. The van der Waals surface area contributed by atoms with Crippen molar-refractivity contribution >= 4 is 17.5 Å². The lowest BCUT2D eigenvalue weighted by atomic mass is 10.1. The van der Waals surface area contributed by atoms with Crippen LogP contribution in [0.25, 0.3) is 0 Å². The molecule has 146 valence electrons. The highest BCUT2D eigenvalue weighted by molar-refractivity contribution is 6.00. The first kappa shape index (κ1) is 18.3. The van der Waals surface area contributed by atoms with Gasteiger partial charge in [0.05, 0.1) is 5.92 Å². The van der Waals surface area contributed by atoms with E-state index in [2.05, 4.69) is 0 Å². The van der Waals surface area contributed by atoms with E-state index in [1.54, 1.807) is 47.2 Å². The van der Waals surface area contributed by atoms with Crippen molar-refractivity contribution in [3.8, 4) is 11.5 Å². The van der Waals surface area contributed by atoms with Crippen molar-refractivity contribution < 1.29 is 23.5 Å². The average Bonchev–Trinajstić information content (AvgIpc) is 3.10. The number of ether oxygens (including phenoxy) is 2. The fraction of sp³-hybridized carbons (Fsp3) is 0.333. The predicted molar refractivity (Wildman–Crippen MR) is 101 cm³/mol. The molecule has 1 unspecified atom stereocenters. The fourth-order valence-corrected chi connectivity index (χ4v) is 3.58. The van der Waals surface area contributed by atoms with Crippen LogP contribution in [0.2, 0.25) is 0 Å². The van der Waals surface area contributed by atoms with Crippen molar-refractivity contribution in [1.82, 2.24) is 4.90 Å². The quantitative estimate of drug-likeness (QED) is 0.813. The molecule has 0 aromatic heterocycles. The molecule has 1 saturated heterocycles. The van der Waals surface area contributed by atoms with Gasteiger partial charge in [-0.3, -0.25) is 9.59 Å². The number of amides is 2. The molecule has 2 heterocycles. The van der Waals surface area contributed by atoms with E-state index >= 15 is 0 Å². The summed E-state index contributed by atoms with van der Waals surface area (Å²) < 4.78 is 24.1. The monoisotopic (exact) mass is 384 g/mol. The van der Waals surface area contributed by atoms with E-state index in [1.165, 1.54) is 12.1 Å². The van der Waals surface area contributed by atoms with Crippen LogP contribution in [0, 0.1) is 11.7 Å². The zero-order valence-electron chi connectivity index (χ0n) is 15.6. The summed E-state index contributed by atoms with van der Waals surface area (Å²) in [5.74, 6) is 0.358. The Hall–Kier alpha value is -3.09. The highest BCUT2D eigenvalue weighted by Crippen LogP contribution is 2.36. The van der Waals surface area contributed by atoms with Crippen LogP contribution >= 0.6 is 0 Å². The van der Waals surface area contributed by atoms with Crippen LogP contribution < -0.4 is 14.4 Å². The molecule has 0 radical (unpaired) electrons. The molecule has 7 heteroatoms. The van der Waals surface area contributed by atoms with Crippen molar-refractivity contribution in [2.45, 2.75) is 13.0 Å². The van der Waals surface area contributed by atoms with E-state index in [0.717, 1.165) is 5.56 Å². The minimum Gasteiger partial charge on any atom is -0.486 e. The summed E-state index contributed by atoms with van der Waals surface area (Å²) in [5, 5.41) is 0. The lowest BCUT2D eigenvalue weighted by Crippen LogP contribution is -2.34. The number of rotatable bonds is 4. The molecule has 0 spiro atoms. The number of halogens is 1. The van der Waals surface area contributed by atoms with Crippen LogP contribution in [-0.4, -0.2) is 43.5 Å². The Morgan fingerprint density at radius 1 is 1.14 bits per heavy atom. The molecule has 0 bridgehead atoms. The zero-order valence-corrected chi connectivity index (χ0v) is 15.6. The van der Waals surface area contributed by atoms with Gasteiger partial charge >= 0.3 is 0 Å². The Labute approximate surface area is 162 Å². The van der Waals surface area contributed by atoms with Gasteiger partial charge in [-0.15, -0.1) is 0 Å². The lowest BCUT2D eigenvalue weighted by Gasteiger charge is -2.23. The van der Waals surface area contributed by atoms with E-state index in [4.69, 9.17) is 9.47 Å². The second-order valence-corrected chi connectivity index (χ2v) is 7.05. The number of nitrogens with zero attached hydrogens (tertiary/aromatic N) is 2. The third-order valence-electron chi connectivity index (χ3n) is 5.02. The Kier molecular flexibility index (Phi) is 4.90. The molecule has 4 rings (SSSR count). The van der Waals surface area contributed by atoms with Crippen LogP contribution in [0.15, 0.2) is 42.5 Å². The summed E-state index contributed by atoms with van der Waals surface area (Å²) >= 11 is 0. The van der Waals surface area contributed by atoms with Gasteiger partial charge < -0.3 is 19.3 Å². The summed E-state index contributed by atoms with van der Waals surface area (Å²) in [7, 11) is 1.70. The fourth-order valence-electron chi connectivity index (χ4n) is 3.58. The maximum atomic E-state index is 13.0. The second-order valence-electron chi connectivity index (χ2n) is 7.05. The Morgan fingerprint density at radius 3 is 2.61 bits per heavy atom. The first-order valence-electron chi connectivity index (χ1n) is 9.20. The van der Waals surface area contributed by atoms with Gasteiger partial charge in [0.1, 0.15) is 19.0 Å². The second kappa shape index (κ2) is 7.50. The minimum absolute atomic E-state index is 0.0924. The molecule has 0 N–H and O–H groups in total. The van der Waals surface area contributed by atoms with Gasteiger partial charge in [-0.2, -0.15) is 0 Å². The number of carbonyl (C=O) groups excluding carboxylic acids is 2. The lowest BCUT2D eigenvalue weighted by molar-refractivity contribution is -0.135. The third-order valence-corrected chi connectivity index (χ3v) is 5.02. The van der Waals surface area contributed by atoms with Gasteiger partial charge in [-0.25, -0.2) is 4.39 Å². The zero-order chi connectivity index (χ0) is 19.7. The van der Waals surface area contributed by atoms with Gasteiger partial charge in [0, 0.05) is 38.3 Å². The van der Waals surface area contributed by atoms with E-state index < -0.39 is 5.92 Å². The largest absolute Gasteiger partial charge is 0.486 e.